The van der Waals surface area contributed by atoms with E-state index >= 15 is 0 Å². The molecule has 0 unspecified atom stereocenters. The van der Waals surface area contributed by atoms with E-state index in [1.165, 1.54) is 25.7 Å². The highest BCUT2D eigenvalue weighted by molar-refractivity contribution is 5.49. The summed E-state index contributed by atoms with van der Waals surface area (Å²) in [6.07, 6.45) is 6.63. The van der Waals surface area contributed by atoms with Crippen molar-refractivity contribution < 1.29 is 0 Å². The summed E-state index contributed by atoms with van der Waals surface area (Å²) in [5.74, 6) is 2.59. The first-order valence-electron chi connectivity index (χ1n) is 6.89. The van der Waals surface area contributed by atoms with Crippen LogP contribution in [0.2, 0.25) is 0 Å². The number of aromatic nitrogens is 2. The van der Waals surface area contributed by atoms with Gasteiger partial charge in [0.15, 0.2) is 0 Å². The first kappa shape index (κ1) is 11.7. The minimum Gasteiger partial charge on any atom is -0.367 e. The Hall–Kier alpha value is -1.36. The molecule has 3 N–H and O–H groups in total. The molecule has 0 amide bonds. The summed E-state index contributed by atoms with van der Waals surface area (Å²) in [7, 11) is 0. The highest BCUT2D eigenvalue weighted by atomic mass is 15.2. The van der Waals surface area contributed by atoms with Crippen LogP contribution in [-0.4, -0.2) is 35.6 Å². The minimum absolute atomic E-state index is 0.605. The van der Waals surface area contributed by atoms with Crippen molar-refractivity contribution in [3.8, 4) is 0 Å². The normalized spacial score (nSPS) is 24.1. The van der Waals surface area contributed by atoms with Crippen molar-refractivity contribution in [2.45, 2.75) is 31.7 Å². The number of piperidine rings is 1. The molecule has 0 aromatic carbocycles. The van der Waals surface area contributed by atoms with Gasteiger partial charge in [0, 0.05) is 25.2 Å². The van der Waals surface area contributed by atoms with Gasteiger partial charge in [-0.05, 0) is 38.1 Å². The molecule has 18 heavy (non-hydrogen) atoms. The third-order valence-electron chi connectivity index (χ3n) is 3.76. The lowest BCUT2D eigenvalue weighted by atomic mass is 9.98. The molecule has 1 aromatic heterocycles. The Morgan fingerprint density at radius 2 is 2.22 bits per heavy atom. The van der Waals surface area contributed by atoms with Crippen molar-refractivity contribution in [2.75, 3.05) is 29.9 Å². The number of hydrogen-bond donors (Lipinski definition) is 2. The highest BCUT2D eigenvalue weighted by Crippen LogP contribution is 2.26. The zero-order chi connectivity index (χ0) is 12.4. The van der Waals surface area contributed by atoms with E-state index < -0.39 is 0 Å². The van der Waals surface area contributed by atoms with Crippen LogP contribution < -0.4 is 16.0 Å². The average Bonchev–Trinajstić information content (AvgIpc) is 3.23. The lowest BCUT2D eigenvalue weighted by molar-refractivity contribution is 0.421. The first-order chi connectivity index (χ1) is 8.85. The van der Waals surface area contributed by atoms with Gasteiger partial charge >= 0.3 is 0 Å². The zero-order valence-electron chi connectivity index (χ0n) is 10.7. The number of rotatable bonds is 4. The number of anilines is 2. The van der Waals surface area contributed by atoms with E-state index in [1.807, 2.05) is 0 Å². The van der Waals surface area contributed by atoms with Crippen molar-refractivity contribution in [3.63, 3.8) is 0 Å². The molecule has 1 saturated carbocycles. The summed E-state index contributed by atoms with van der Waals surface area (Å²) in [6, 6.07) is 2.70. The lowest BCUT2D eigenvalue weighted by Gasteiger charge is -2.33. The standard InChI is InChI=1S/C13H21N5/c14-7-10-2-1-5-18(8-10)13-6-12(15-9-16-13)17-11-3-4-11/h6,9-11H,1-5,7-8,14H2,(H,15,16,17)/t10-/m1/s1. The van der Waals surface area contributed by atoms with Gasteiger partial charge in [0.25, 0.3) is 0 Å². The van der Waals surface area contributed by atoms with Crippen LogP contribution in [-0.2, 0) is 0 Å². The van der Waals surface area contributed by atoms with Crippen LogP contribution in [0.15, 0.2) is 12.4 Å². The molecular weight excluding hydrogens is 226 g/mol. The van der Waals surface area contributed by atoms with Crippen LogP contribution in [0.4, 0.5) is 11.6 Å². The van der Waals surface area contributed by atoms with Crippen LogP contribution in [0.1, 0.15) is 25.7 Å². The topological polar surface area (TPSA) is 67.1 Å². The maximum absolute atomic E-state index is 5.78. The van der Waals surface area contributed by atoms with E-state index in [4.69, 9.17) is 5.73 Å². The van der Waals surface area contributed by atoms with Crippen LogP contribution in [0.3, 0.4) is 0 Å². The second-order valence-electron chi connectivity index (χ2n) is 5.37. The molecule has 5 nitrogen and oxygen atoms in total. The molecule has 1 saturated heterocycles. The van der Waals surface area contributed by atoms with Gasteiger partial charge in [-0.1, -0.05) is 0 Å². The Kier molecular flexibility index (Phi) is 3.32. The quantitative estimate of drug-likeness (QED) is 0.837. The smallest absolute Gasteiger partial charge is 0.134 e. The number of nitrogens with two attached hydrogens (primary N) is 1. The van der Waals surface area contributed by atoms with E-state index in [0.29, 0.717) is 12.0 Å². The van der Waals surface area contributed by atoms with Crippen molar-refractivity contribution in [3.05, 3.63) is 12.4 Å². The Labute approximate surface area is 108 Å². The summed E-state index contributed by atoms with van der Waals surface area (Å²) >= 11 is 0. The predicted octanol–water partition coefficient (Wildman–Crippen LogP) is 1.23. The highest BCUT2D eigenvalue weighted by Gasteiger charge is 2.23. The van der Waals surface area contributed by atoms with Crippen LogP contribution >= 0.6 is 0 Å². The van der Waals surface area contributed by atoms with Gasteiger partial charge in [0.1, 0.15) is 18.0 Å². The van der Waals surface area contributed by atoms with Crippen LogP contribution in [0, 0.1) is 5.92 Å². The summed E-state index contributed by atoms with van der Waals surface area (Å²) in [4.78, 5) is 11.0. The predicted molar refractivity (Wildman–Crippen MR) is 72.7 cm³/mol. The maximum Gasteiger partial charge on any atom is 0.134 e. The number of hydrogen-bond acceptors (Lipinski definition) is 5. The molecule has 1 aliphatic carbocycles. The molecule has 2 heterocycles. The molecule has 1 atom stereocenters. The maximum atomic E-state index is 5.78. The summed E-state index contributed by atoms with van der Waals surface area (Å²) in [5, 5.41) is 3.42. The molecule has 3 rings (SSSR count). The molecule has 1 aromatic rings. The van der Waals surface area contributed by atoms with Gasteiger partial charge in [-0.3, -0.25) is 0 Å². The third-order valence-corrected chi connectivity index (χ3v) is 3.76. The largest absolute Gasteiger partial charge is 0.367 e. The van der Waals surface area contributed by atoms with E-state index in [0.717, 1.165) is 31.3 Å². The fourth-order valence-electron chi connectivity index (χ4n) is 2.50. The second kappa shape index (κ2) is 5.10. The van der Waals surface area contributed by atoms with Gasteiger partial charge in [0.05, 0.1) is 0 Å². The van der Waals surface area contributed by atoms with Crippen molar-refractivity contribution in [1.82, 2.24) is 9.97 Å². The number of nitrogens with one attached hydrogen (secondary N) is 1. The monoisotopic (exact) mass is 247 g/mol. The van der Waals surface area contributed by atoms with Crippen LogP contribution in [0.5, 0.6) is 0 Å². The molecule has 5 heteroatoms. The average molecular weight is 247 g/mol. The van der Waals surface area contributed by atoms with Gasteiger partial charge in [-0.2, -0.15) is 0 Å². The minimum atomic E-state index is 0.605. The van der Waals surface area contributed by atoms with E-state index in [2.05, 4.69) is 26.3 Å². The van der Waals surface area contributed by atoms with E-state index in [-0.39, 0.29) is 0 Å². The van der Waals surface area contributed by atoms with Gasteiger partial charge in [-0.15, -0.1) is 0 Å². The van der Waals surface area contributed by atoms with Crippen LogP contribution in [0.25, 0.3) is 0 Å². The summed E-state index contributed by atoms with van der Waals surface area (Å²) < 4.78 is 0. The van der Waals surface area contributed by atoms with Gasteiger partial charge < -0.3 is 16.0 Å². The van der Waals surface area contributed by atoms with E-state index in [9.17, 15) is 0 Å². The molecule has 0 radical (unpaired) electrons. The molecule has 0 bridgehead atoms. The molecule has 98 valence electrons. The fourth-order valence-corrected chi connectivity index (χ4v) is 2.50. The first-order valence-corrected chi connectivity index (χ1v) is 6.89. The Morgan fingerprint density at radius 1 is 1.33 bits per heavy atom. The van der Waals surface area contributed by atoms with E-state index in [1.54, 1.807) is 6.33 Å². The number of nitrogens with zero attached hydrogens (tertiary/aromatic N) is 3. The lowest BCUT2D eigenvalue weighted by Crippen LogP contribution is -2.38. The molecule has 1 aliphatic heterocycles. The van der Waals surface area contributed by atoms with Crippen molar-refractivity contribution >= 4 is 11.6 Å². The zero-order valence-corrected chi connectivity index (χ0v) is 10.7. The molecule has 2 fully saturated rings. The SMILES string of the molecule is NC[C@H]1CCCN(c2cc(NC3CC3)ncn2)C1. The summed E-state index contributed by atoms with van der Waals surface area (Å²) in [6.45, 7) is 2.88. The Morgan fingerprint density at radius 3 is 3.00 bits per heavy atom. The molecule has 0 spiro atoms. The Bertz CT molecular complexity index is 404. The second-order valence-corrected chi connectivity index (χ2v) is 5.37. The van der Waals surface area contributed by atoms with Gasteiger partial charge in [-0.25, -0.2) is 9.97 Å². The fraction of sp³-hybridized carbons (Fsp3) is 0.692. The summed E-state index contributed by atoms with van der Waals surface area (Å²) in [5.41, 5.74) is 5.78. The molecule has 2 aliphatic rings. The van der Waals surface area contributed by atoms with Crippen molar-refractivity contribution in [1.29, 1.82) is 0 Å². The molecular formula is C13H21N5. The third kappa shape index (κ3) is 2.72. The Balaban J connectivity index is 1.69. The van der Waals surface area contributed by atoms with Gasteiger partial charge in [0.2, 0.25) is 0 Å². The van der Waals surface area contributed by atoms with Crippen molar-refractivity contribution in [2.24, 2.45) is 11.7 Å².